The molecule has 2 rings (SSSR count). The zero-order valence-electron chi connectivity index (χ0n) is 12.1. The number of hydrogen-bond acceptors (Lipinski definition) is 3. The molecule has 4 heteroatoms. The van der Waals surface area contributed by atoms with Gasteiger partial charge in [0, 0.05) is 18.5 Å². The topological polar surface area (TPSA) is 40.5 Å². The molecule has 2 heterocycles. The van der Waals surface area contributed by atoms with Gasteiger partial charge in [0.15, 0.2) is 0 Å². The van der Waals surface area contributed by atoms with Crippen molar-refractivity contribution in [1.29, 1.82) is 0 Å². The Morgan fingerprint density at radius 1 is 1.50 bits per heavy atom. The number of aliphatic hydroxyl groups is 1. The van der Waals surface area contributed by atoms with Crippen molar-refractivity contribution < 1.29 is 9.90 Å². The van der Waals surface area contributed by atoms with Gasteiger partial charge in [0.05, 0.1) is 10.4 Å². The van der Waals surface area contributed by atoms with E-state index < -0.39 is 0 Å². The minimum atomic E-state index is -0.149. The van der Waals surface area contributed by atoms with Gasteiger partial charge < -0.3 is 10.0 Å². The summed E-state index contributed by atoms with van der Waals surface area (Å²) in [5.41, 5.74) is 0.722. The van der Waals surface area contributed by atoms with Gasteiger partial charge in [-0.2, -0.15) is 0 Å². The Balaban J connectivity index is 1.97. The molecule has 1 aromatic rings. The summed E-state index contributed by atoms with van der Waals surface area (Å²) < 4.78 is 0. The van der Waals surface area contributed by atoms with Crippen molar-refractivity contribution >= 4 is 17.2 Å². The quantitative estimate of drug-likeness (QED) is 0.851. The molecule has 0 bridgehead atoms. The van der Waals surface area contributed by atoms with E-state index in [0.717, 1.165) is 42.3 Å². The Kier molecular flexibility index (Phi) is 5.22. The van der Waals surface area contributed by atoms with Crippen molar-refractivity contribution in [3.05, 3.63) is 21.9 Å². The van der Waals surface area contributed by atoms with Crippen LogP contribution in [0.4, 0.5) is 0 Å². The van der Waals surface area contributed by atoms with E-state index in [0.29, 0.717) is 5.92 Å². The zero-order chi connectivity index (χ0) is 14.5. The first-order valence-electron chi connectivity index (χ1n) is 7.09. The number of nitrogens with zero attached hydrogens (tertiary/aromatic N) is 1. The van der Waals surface area contributed by atoms with Gasteiger partial charge in [-0.15, -0.1) is 11.3 Å². The number of amides is 1. The van der Waals surface area contributed by atoms with E-state index in [1.807, 2.05) is 16.3 Å². The molecule has 1 N–H and O–H groups in total. The van der Waals surface area contributed by atoms with Crippen LogP contribution < -0.4 is 0 Å². The average Bonchev–Trinajstić information content (AvgIpc) is 2.93. The number of aliphatic hydroxyl groups excluding tert-OH is 1. The summed E-state index contributed by atoms with van der Waals surface area (Å²) in [6.45, 7) is 6.08. The highest BCUT2D eigenvalue weighted by molar-refractivity contribution is 7.10. The van der Waals surface area contributed by atoms with Crippen molar-refractivity contribution in [2.24, 2.45) is 11.8 Å². The highest BCUT2D eigenvalue weighted by atomic mass is 32.1. The molecule has 0 spiro atoms. The Morgan fingerprint density at radius 3 is 2.80 bits per heavy atom. The maximum absolute atomic E-state index is 12.4. The summed E-state index contributed by atoms with van der Waals surface area (Å²) >= 11 is 1.46. The molecule has 1 aliphatic rings. The van der Waals surface area contributed by atoms with Gasteiger partial charge in [0.1, 0.15) is 6.61 Å². The molecular formula is C16H21NO2S. The first-order valence-corrected chi connectivity index (χ1v) is 7.97. The minimum Gasteiger partial charge on any atom is -0.384 e. The molecule has 1 aliphatic heterocycles. The molecule has 20 heavy (non-hydrogen) atoms. The van der Waals surface area contributed by atoms with Crippen LogP contribution in [0.2, 0.25) is 0 Å². The third-order valence-electron chi connectivity index (χ3n) is 3.91. The second-order valence-electron chi connectivity index (χ2n) is 5.53. The summed E-state index contributed by atoms with van der Waals surface area (Å²) in [5.74, 6) is 7.01. The lowest BCUT2D eigenvalue weighted by molar-refractivity contribution is 0.0668. The van der Waals surface area contributed by atoms with E-state index in [2.05, 4.69) is 25.7 Å². The number of piperidine rings is 1. The van der Waals surface area contributed by atoms with Crippen LogP contribution in [0, 0.1) is 23.7 Å². The van der Waals surface area contributed by atoms with Crippen LogP contribution in [0.5, 0.6) is 0 Å². The molecule has 1 aromatic heterocycles. The molecule has 0 atom stereocenters. The van der Waals surface area contributed by atoms with Crippen LogP contribution in [0.3, 0.4) is 0 Å². The normalized spacial score (nSPS) is 16.1. The molecule has 1 saturated heterocycles. The lowest BCUT2D eigenvalue weighted by Gasteiger charge is -2.33. The van der Waals surface area contributed by atoms with E-state index in [1.54, 1.807) is 0 Å². The van der Waals surface area contributed by atoms with E-state index in [-0.39, 0.29) is 12.5 Å². The smallest absolute Gasteiger partial charge is 0.254 e. The molecule has 108 valence electrons. The standard InChI is InChI=1S/C16H21NO2S/c1-12(2)13-5-7-17(8-6-13)16(19)14-10-15(20-11-14)4-3-9-18/h10-13,18H,5-9H2,1-2H3. The van der Waals surface area contributed by atoms with Crippen molar-refractivity contribution in [2.45, 2.75) is 26.7 Å². The van der Waals surface area contributed by atoms with E-state index in [9.17, 15) is 4.79 Å². The summed E-state index contributed by atoms with van der Waals surface area (Å²) in [6.07, 6.45) is 2.20. The van der Waals surface area contributed by atoms with E-state index in [4.69, 9.17) is 5.11 Å². The van der Waals surface area contributed by atoms with Crippen molar-refractivity contribution in [3.63, 3.8) is 0 Å². The lowest BCUT2D eigenvalue weighted by atomic mass is 9.86. The van der Waals surface area contributed by atoms with Gasteiger partial charge in [-0.05, 0) is 30.7 Å². The van der Waals surface area contributed by atoms with Crippen LogP contribution in [0.1, 0.15) is 41.9 Å². The molecule has 0 radical (unpaired) electrons. The highest BCUT2D eigenvalue weighted by Gasteiger charge is 2.25. The number of rotatable bonds is 2. The van der Waals surface area contributed by atoms with Gasteiger partial charge in [0.25, 0.3) is 5.91 Å². The molecule has 0 unspecified atom stereocenters. The minimum absolute atomic E-state index is 0.112. The van der Waals surface area contributed by atoms with Crippen LogP contribution in [0.25, 0.3) is 0 Å². The molecule has 1 amide bonds. The van der Waals surface area contributed by atoms with Crippen molar-refractivity contribution in [3.8, 4) is 11.8 Å². The Hall–Kier alpha value is -1.31. The van der Waals surface area contributed by atoms with Crippen LogP contribution in [0.15, 0.2) is 11.4 Å². The second-order valence-corrected chi connectivity index (χ2v) is 6.44. The first kappa shape index (κ1) is 15.1. The van der Waals surface area contributed by atoms with Gasteiger partial charge in [-0.25, -0.2) is 0 Å². The number of carbonyl (C=O) groups is 1. The van der Waals surface area contributed by atoms with Gasteiger partial charge in [-0.1, -0.05) is 25.7 Å². The van der Waals surface area contributed by atoms with E-state index >= 15 is 0 Å². The highest BCUT2D eigenvalue weighted by Crippen LogP contribution is 2.26. The van der Waals surface area contributed by atoms with Crippen LogP contribution in [-0.4, -0.2) is 35.6 Å². The van der Waals surface area contributed by atoms with Crippen LogP contribution in [-0.2, 0) is 0 Å². The summed E-state index contributed by atoms with van der Waals surface area (Å²) in [4.78, 5) is 15.2. The fourth-order valence-electron chi connectivity index (χ4n) is 2.59. The van der Waals surface area contributed by atoms with Crippen LogP contribution >= 0.6 is 11.3 Å². The summed E-state index contributed by atoms with van der Waals surface area (Å²) in [5, 5.41) is 10.5. The van der Waals surface area contributed by atoms with E-state index in [1.165, 1.54) is 11.3 Å². The molecule has 0 aromatic carbocycles. The zero-order valence-corrected chi connectivity index (χ0v) is 12.9. The second kappa shape index (κ2) is 6.92. The Bertz CT molecular complexity index is 516. The monoisotopic (exact) mass is 291 g/mol. The predicted molar refractivity (Wildman–Crippen MR) is 81.7 cm³/mol. The maximum atomic E-state index is 12.4. The van der Waals surface area contributed by atoms with Gasteiger partial charge in [0.2, 0.25) is 0 Å². The summed E-state index contributed by atoms with van der Waals surface area (Å²) in [7, 11) is 0. The molecular weight excluding hydrogens is 270 g/mol. The Labute approximate surface area is 124 Å². The largest absolute Gasteiger partial charge is 0.384 e. The Morgan fingerprint density at radius 2 is 2.20 bits per heavy atom. The SMILES string of the molecule is CC(C)C1CCN(C(=O)c2csc(C#CCO)c2)CC1. The average molecular weight is 291 g/mol. The fraction of sp³-hybridized carbons (Fsp3) is 0.562. The number of thiophene rings is 1. The van der Waals surface area contributed by atoms with Crippen molar-refractivity contribution in [1.82, 2.24) is 4.90 Å². The van der Waals surface area contributed by atoms with Gasteiger partial charge in [-0.3, -0.25) is 4.79 Å². The number of carbonyl (C=O) groups excluding carboxylic acids is 1. The first-order chi connectivity index (χ1) is 9.61. The maximum Gasteiger partial charge on any atom is 0.254 e. The third-order valence-corrected chi connectivity index (χ3v) is 4.75. The third kappa shape index (κ3) is 3.62. The summed E-state index contributed by atoms with van der Waals surface area (Å²) in [6, 6.07) is 1.82. The molecule has 3 nitrogen and oxygen atoms in total. The molecule has 0 aliphatic carbocycles. The van der Waals surface area contributed by atoms with Gasteiger partial charge >= 0.3 is 0 Å². The molecule has 1 fully saturated rings. The fourth-order valence-corrected chi connectivity index (χ4v) is 3.34. The van der Waals surface area contributed by atoms with Crippen molar-refractivity contribution in [2.75, 3.05) is 19.7 Å². The number of hydrogen-bond donors (Lipinski definition) is 1. The lowest BCUT2D eigenvalue weighted by Crippen LogP contribution is -2.39. The number of likely N-dealkylation sites (tertiary alicyclic amines) is 1. The predicted octanol–water partition coefficient (Wildman–Crippen LogP) is 2.60. The molecule has 0 saturated carbocycles.